The van der Waals surface area contributed by atoms with E-state index in [0.717, 1.165) is 0 Å². The predicted molar refractivity (Wildman–Crippen MR) is 61.8 cm³/mol. The molecule has 98 valence electrons. The van der Waals surface area contributed by atoms with Gasteiger partial charge < -0.3 is 8.85 Å². The van der Waals surface area contributed by atoms with Crippen LogP contribution in [0.2, 0.25) is 0 Å². The van der Waals surface area contributed by atoms with Gasteiger partial charge in [0.1, 0.15) is 0 Å². The Labute approximate surface area is 105 Å². The number of aliphatic imine (C=N–C) groups is 1. The second-order valence-corrected chi connectivity index (χ2v) is 5.04. The Bertz CT molecular complexity index is 366. The van der Waals surface area contributed by atoms with Crippen LogP contribution in [0.1, 0.15) is 19.8 Å². The number of unbranched alkanes of at least 4 members (excludes halogenated alkanes) is 1. The molecule has 0 saturated heterocycles. The van der Waals surface area contributed by atoms with Crippen LogP contribution < -0.4 is 0 Å². The highest BCUT2D eigenvalue weighted by Gasteiger charge is 2.41. The predicted octanol–water partition coefficient (Wildman–Crippen LogP) is 0.263. The van der Waals surface area contributed by atoms with Gasteiger partial charge in [-0.3, -0.25) is 0 Å². The van der Waals surface area contributed by atoms with E-state index in [-0.39, 0.29) is 13.2 Å². The molecular formula is C9H13N3O5Si. The Morgan fingerprint density at radius 2 is 1.67 bits per heavy atom. The van der Waals surface area contributed by atoms with Crippen molar-refractivity contribution >= 4 is 27.1 Å². The number of hydrogen-bond donors (Lipinski definition) is 0. The van der Waals surface area contributed by atoms with E-state index in [4.69, 9.17) is 8.85 Å². The van der Waals surface area contributed by atoms with Gasteiger partial charge in [-0.05, 0) is 19.8 Å². The first-order chi connectivity index (χ1) is 8.74. The van der Waals surface area contributed by atoms with Crippen molar-refractivity contribution in [2.45, 2.75) is 19.8 Å². The van der Waals surface area contributed by atoms with Gasteiger partial charge in [-0.1, -0.05) is 0 Å². The molecule has 0 unspecified atom stereocenters. The lowest BCUT2D eigenvalue weighted by Gasteiger charge is -2.16. The minimum atomic E-state index is -3.57. The van der Waals surface area contributed by atoms with Gasteiger partial charge in [-0.15, -0.1) is 0 Å². The zero-order valence-electron chi connectivity index (χ0n) is 9.92. The number of hydrogen-bond acceptors (Lipinski definition) is 8. The standard InChI is InChI=1S/C9H13N3O5Si/c1-2-16-18(11-8-14,12-9-15)17-6-4-3-5-10-7-13/h2-6H2,1H3. The first kappa shape index (κ1) is 16.3. The monoisotopic (exact) mass is 271 g/mol. The molecule has 0 bridgehead atoms. The van der Waals surface area contributed by atoms with Gasteiger partial charge in [-0.25, -0.2) is 19.4 Å². The van der Waals surface area contributed by atoms with Crippen LogP contribution in [0.4, 0.5) is 0 Å². The van der Waals surface area contributed by atoms with Gasteiger partial charge in [0.25, 0.3) is 0 Å². The van der Waals surface area contributed by atoms with Gasteiger partial charge in [0.15, 0.2) is 0 Å². The Hall–Kier alpha value is -1.72. The average molecular weight is 271 g/mol. The average Bonchev–Trinajstić information content (AvgIpc) is 2.35. The maximum atomic E-state index is 10.3. The first-order valence-electron chi connectivity index (χ1n) is 5.24. The summed E-state index contributed by atoms with van der Waals surface area (Å²) in [5.41, 5.74) is 0. The Balaban J connectivity index is 4.35. The van der Waals surface area contributed by atoms with Crippen LogP contribution in [-0.2, 0) is 23.2 Å². The summed E-state index contributed by atoms with van der Waals surface area (Å²) in [4.78, 5) is 33.7. The third kappa shape index (κ3) is 6.77. The summed E-state index contributed by atoms with van der Waals surface area (Å²) in [7, 11) is -3.57. The fourth-order valence-corrected chi connectivity index (χ4v) is 2.45. The molecule has 0 aromatic heterocycles. The third-order valence-corrected chi connectivity index (χ3v) is 3.72. The maximum absolute atomic E-state index is 10.3. The molecule has 18 heavy (non-hydrogen) atoms. The molecule has 9 heteroatoms. The lowest BCUT2D eigenvalue weighted by Crippen LogP contribution is -2.39. The molecule has 0 N–H and O–H groups in total. The van der Waals surface area contributed by atoms with E-state index in [2.05, 4.69) is 14.3 Å². The lowest BCUT2D eigenvalue weighted by atomic mass is 10.3. The SMILES string of the molecule is CCO[Si](N=C=O)(N=C=O)OCCCCN=C=O. The van der Waals surface area contributed by atoms with Crippen LogP contribution in [0.3, 0.4) is 0 Å². The summed E-state index contributed by atoms with van der Waals surface area (Å²) in [6.45, 7) is 2.36. The Morgan fingerprint density at radius 1 is 1.00 bits per heavy atom. The summed E-state index contributed by atoms with van der Waals surface area (Å²) in [6.07, 6.45) is 5.13. The number of carbonyl (C=O) groups excluding carboxylic acids is 3. The van der Waals surface area contributed by atoms with Crippen LogP contribution in [-0.4, -0.2) is 46.9 Å². The van der Waals surface area contributed by atoms with Crippen LogP contribution in [0.5, 0.6) is 0 Å². The van der Waals surface area contributed by atoms with Crippen LogP contribution in [0, 0.1) is 0 Å². The summed E-state index contributed by atoms with van der Waals surface area (Å²) in [5, 5.41) is 0. The van der Waals surface area contributed by atoms with Crippen molar-refractivity contribution in [1.82, 2.24) is 0 Å². The van der Waals surface area contributed by atoms with Gasteiger partial charge in [0.2, 0.25) is 18.2 Å². The molecule has 0 rings (SSSR count). The fraction of sp³-hybridized carbons (Fsp3) is 0.667. The van der Waals surface area contributed by atoms with Crippen LogP contribution >= 0.6 is 0 Å². The van der Waals surface area contributed by atoms with E-state index in [9.17, 15) is 14.4 Å². The molecular weight excluding hydrogens is 258 g/mol. The smallest absolute Gasteiger partial charge is 0.359 e. The topological polar surface area (TPSA) is 107 Å². The molecule has 0 aliphatic carbocycles. The second kappa shape index (κ2) is 10.4. The summed E-state index contributed by atoms with van der Waals surface area (Å²) >= 11 is 0. The molecule has 0 saturated carbocycles. The molecule has 0 aromatic rings. The highest BCUT2D eigenvalue weighted by atomic mass is 28.4. The molecule has 0 atom stereocenters. The van der Waals surface area contributed by atoms with Crippen molar-refractivity contribution < 1.29 is 23.2 Å². The fourth-order valence-electron chi connectivity index (χ4n) is 1.04. The van der Waals surface area contributed by atoms with E-state index in [0.29, 0.717) is 19.4 Å². The maximum Gasteiger partial charge on any atom is 0.648 e. The van der Waals surface area contributed by atoms with Crippen molar-refractivity contribution in [3.8, 4) is 0 Å². The van der Waals surface area contributed by atoms with Crippen molar-refractivity contribution in [2.24, 2.45) is 14.3 Å². The third-order valence-electron chi connectivity index (χ3n) is 1.73. The highest BCUT2D eigenvalue weighted by molar-refractivity contribution is 6.65. The summed E-state index contributed by atoms with van der Waals surface area (Å²) in [6, 6.07) is 0. The van der Waals surface area contributed by atoms with Gasteiger partial charge in [0.05, 0.1) is 6.54 Å². The minimum Gasteiger partial charge on any atom is -0.359 e. The molecule has 8 nitrogen and oxygen atoms in total. The largest absolute Gasteiger partial charge is 0.648 e. The normalized spacial score (nSPS) is 12.5. The van der Waals surface area contributed by atoms with Gasteiger partial charge in [-0.2, -0.15) is 9.32 Å². The molecule has 0 aromatic carbocycles. The van der Waals surface area contributed by atoms with Crippen molar-refractivity contribution in [3.63, 3.8) is 0 Å². The number of rotatable bonds is 10. The molecule has 0 spiro atoms. The second-order valence-electron chi connectivity index (χ2n) is 2.92. The van der Waals surface area contributed by atoms with Gasteiger partial charge in [0, 0.05) is 13.2 Å². The van der Waals surface area contributed by atoms with Gasteiger partial charge >= 0.3 is 8.88 Å². The lowest BCUT2D eigenvalue weighted by molar-refractivity contribution is 0.175. The van der Waals surface area contributed by atoms with Crippen LogP contribution in [0.25, 0.3) is 0 Å². The van der Waals surface area contributed by atoms with Crippen molar-refractivity contribution in [2.75, 3.05) is 19.8 Å². The molecule has 0 radical (unpaired) electrons. The number of isocyanates is 3. The van der Waals surface area contributed by atoms with E-state index in [1.54, 1.807) is 6.92 Å². The zero-order valence-corrected chi connectivity index (χ0v) is 10.9. The van der Waals surface area contributed by atoms with Crippen LogP contribution in [0.15, 0.2) is 14.3 Å². The quantitative estimate of drug-likeness (QED) is 0.245. The van der Waals surface area contributed by atoms with E-state index in [1.165, 1.54) is 18.2 Å². The summed E-state index contributed by atoms with van der Waals surface area (Å²) < 4.78 is 17.0. The Kier molecular flexibility index (Phi) is 9.43. The molecule has 0 heterocycles. The van der Waals surface area contributed by atoms with E-state index >= 15 is 0 Å². The molecule has 0 aliphatic rings. The zero-order chi connectivity index (χ0) is 13.7. The van der Waals surface area contributed by atoms with E-state index in [1.807, 2.05) is 0 Å². The Morgan fingerprint density at radius 3 is 2.17 bits per heavy atom. The highest BCUT2D eigenvalue weighted by Crippen LogP contribution is 2.11. The van der Waals surface area contributed by atoms with E-state index < -0.39 is 8.88 Å². The first-order valence-corrected chi connectivity index (χ1v) is 6.95. The molecule has 0 amide bonds. The molecule has 0 fully saturated rings. The summed E-state index contributed by atoms with van der Waals surface area (Å²) in [5.74, 6) is 0. The minimum absolute atomic E-state index is 0.178. The molecule has 0 aliphatic heterocycles. The number of nitrogens with zero attached hydrogens (tertiary/aromatic N) is 3. The van der Waals surface area contributed by atoms with Crippen molar-refractivity contribution in [1.29, 1.82) is 0 Å². The van der Waals surface area contributed by atoms with Crippen molar-refractivity contribution in [3.05, 3.63) is 0 Å².